The summed E-state index contributed by atoms with van der Waals surface area (Å²) >= 11 is 0. The Kier molecular flexibility index (Phi) is 4.84. The number of allylic oxidation sites excluding steroid dienone is 1. The summed E-state index contributed by atoms with van der Waals surface area (Å²) in [5.41, 5.74) is 0.631. The summed E-state index contributed by atoms with van der Waals surface area (Å²) in [5, 5.41) is 5.13. The highest BCUT2D eigenvalue weighted by Crippen LogP contribution is 2.16. The topological polar surface area (TPSA) is 60.2 Å². The molecule has 0 bridgehead atoms. The van der Waals surface area contributed by atoms with Crippen LogP contribution < -0.4 is 5.14 Å². The number of hydrogen-bond acceptors (Lipinski definition) is 2. The number of nitrogens with two attached hydrogens (primary N) is 1. The van der Waals surface area contributed by atoms with Crippen LogP contribution in [-0.2, 0) is 10.0 Å². The first-order valence-corrected chi connectivity index (χ1v) is 6.97. The quantitative estimate of drug-likeness (QED) is 0.881. The van der Waals surface area contributed by atoms with Crippen molar-refractivity contribution in [3.8, 4) is 0 Å². The summed E-state index contributed by atoms with van der Waals surface area (Å²) in [6, 6.07) is 5.61. The van der Waals surface area contributed by atoms with E-state index in [9.17, 15) is 12.8 Å². The summed E-state index contributed by atoms with van der Waals surface area (Å²) in [7, 11) is -3.68. The zero-order chi connectivity index (χ0) is 12.9. The molecule has 0 atom stereocenters. The molecule has 1 aromatic rings. The van der Waals surface area contributed by atoms with Gasteiger partial charge in [-0.05, 0) is 36.6 Å². The number of hydrogen-bond donors (Lipinski definition) is 1. The van der Waals surface area contributed by atoms with E-state index in [1.807, 2.05) is 6.92 Å². The van der Waals surface area contributed by atoms with E-state index in [0.29, 0.717) is 12.0 Å². The molecule has 1 rings (SSSR count). The number of sulfonamides is 1. The average molecular weight is 257 g/mol. The zero-order valence-electron chi connectivity index (χ0n) is 9.69. The normalized spacial score (nSPS) is 12.8. The first kappa shape index (κ1) is 13.9. The first-order valence-electron chi connectivity index (χ1n) is 5.42. The van der Waals surface area contributed by atoms with Crippen LogP contribution in [0.15, 0.2) is 29.2 Å². The third-order valence-corrected chi connectivity index (χ3v) is 3.39. The predicted octanol–water partition coefficient (Wildman–Crippen LogP) is 2.65. The molecule has 2 N–H and O–H groups in total. The maximum absolute atomic E-state index is 12.7. The predicted molar refractivity (Wildman–Crippen MR) is 67.0 cm³/mol. The van der Waals surface area contributed by atoms with Crippen molar-refractivity contribution in [2.45, 2.75) is 26.2 Å². The molecule has 94 valence electrons. The first-order chi connectivity index (χ1) is 7.93. The minimum absolute atomic E-state index is 0.186. The van der Waals surface area contributed by atoms with Crippen molar-refractivity contribution in [3.63, 3.8) is 0 Å². The van der Waals surface area contributed by atoms with Crippen LogP contribution in [0.3, 0.4) is 0 Å². The van der Waals surface area contributed by atoms with Gasteiger partial charge < -0.3 is 0 Å². The number of halogens is 1. The number of unbranched alkanes of at least 4 members (excludes halogenated alkanes) is 1. The van der Waals surface area contributed by atoms with Gasteiger partial charge >= 0.3 is 0 Å². The molecule has 0 aliphatic rings. The van der Waals surface area contributed by atoms with Gasteiger partial charge in [0.15, 0.2) is 0 Å². The van der Waals surface area contributed by atoms with E-state index < -0.39 is 10.0 Å². The van der Waals surface area contributed by atoms with Crippen LogP contribution >= 0.6 is 0 Å². The Balaban J connectivity index is 3.01. The second kappa shape index (κ2) is 5.93. The molecule has 0 spiro atoms. The molecule has 0 amide bonds. The molecule has 3 nitrogen and oxygen atoms in total. The molecule has 1 aromatic carbocycles. The van der Waals surface area contributed by atoms with Crippen molar-refractivity contribution in [3.05, 3.63) is 40.6 Å². The fourth-order valence-electron chi connectivity index (χ4n) is 1.39. The van der Waals surface area contributed by atoms with Gasteiger partial charge in [0.05, 0.1) is 4.91 Å². The van der Waals surface area contributed by atoms with Gasteiger partial charge in [-0.15, -0.1) is 0 Å². The Morgan fingerprint density at radius 1 is 1.35 bits per heavy atom. The minimum atomic E-state index is -3.68. The van der Waals surface area contributed by atoms with Gasteiger partial charge in [0.1, 0.15) is 5.82 Å². The summed E-state index contributed by atoms with van der Waals surface area (Å²) in [6.07, 6.45) is 3.54. The van der Waals surface area contributed by atoms with Crippen molar-refractivity contribution in [2.75, 3.05) is 0 Å². The maximum Gasteiger partial charge on any atom is 0.234 e. The molecule has 5 heteroatoms. The lowest BCUT2D eigenvalue weighted by atomic mass is 10.1. The van der Waals surface area contributed by atoms with Crippen molar-refractivity contribution in [1.29, 1.82) is 0 Å². The molecule has 0 aliphatic carbocycles. The Bertz CT molecular complexity index is 492. The number of primary sulfonamides is 1. The van der Waals surface area contributed by atoms with E-state index in [-0.39, 0.29) is 10.7 Å². The molecule has 0 radical (unpaired) electrons. The third kappa shape index (κ3) is 4.66. The highest BCUT2D eigenvalue weighted by molar-refractivity contribution is 7.93. The summed E-state index contributed by atoms with van der Waals surface area (Å²) < 4.78 is 35.4. The Labute approximate surface area is 101 Å². The molecule has 0 heterocycles. The summed E-state index contributed by atoms with van der Waals surface area (Å²) in [6.45, 7) is 1.97. The van der Waals surface area contributed by atoms with Crippen LogP contribution in [0.1, 0.15) is 31.7 Å². The largest absolute Gasteiger partial charge is 0.234 e. The molecular formula is C12H16FNO2S. The second-order valence-electron chi connectivity index (χ2n) is 3.81. The van der Waals surface area contributed by atoms with Crippen LogP contribution in [0, 0.1) is 5.82 Å². The molecule has 0 saturated heterocycles. The average Bonchev–Trinajstić information content (AvgIpc) is 2.25. The van der Waals surface area contributed by atoms with Gasteiger partial charge in [0.25, 0.3) is 0 Å². The lowest BCUT2D eigenvalue weighted by Crippen LogP contribution is -2.14. The van der Waals surface area contributed by atoms with Gasteiger partial charge in [-0.3, -0.25) is 0 Å². The van der Waals surface area contributed by atoms with Gasteiger partial charge in [-0.25, -0.2) is 17.9 Å². The number of benzene rings is 1. The monoisotopic (exact) mass is 257 g/mol. The van der Waals surface area contributed by atoms with Crippen molar-refractivity contribution in [1.82, 2.24) is 0 Å². The molecular weight excluding hydrogens is 241 g/mol. The van der Waals surface area contributed by atoms with E-state index in [0.717, 1.165) is 12.8 Å². The van der Waals surface area contributed by atoms with Crippen LogP contribution in [0.2, 0.25) is 0 Å². The fourth-order valence-corrected chi connectivity index (χ4v) is 2.12. The van der Waals surface area contributed by atoms with Crippen LogP contribution in [0.25, 0.3) is 6.08 Å². The van der Waals surface area contributed by atoms with Crippen molar-refractivity contribution in [2.24, 2.45) is 5.14 Å². The molecule has 0 aliphatic heterocycles. The molecule has 17 heavy (non-hydrogen) atoms. The standard InChI is InChI=1S/C12H16FNO2S/c1-2-3-4-12(17(14,15)16)9-10-5-7-11(13)8-6-10/h5-9H,2-4H2,1H3,(H2,14,15,16)/b12-9+. The van der Waals surface area contributed by atoms with Gasteiger partial charge in [0.2, 0.25) is 10.0 Å². The van der Waals surface area contributed by atoms with Crippen molar-refractivity contribution >= 4 is 16.1 Å². The summed E-state index contributed by atoms with van der Waals surface area (Å²) in [5.74, 6) is -0.354. The third-order valence-electron chi connectivity index (χ3n) is 2.34. The molecule has 0 fully saturated rings. The molecule has 0 saturated carbocycles. The lowest BCUT2D eigenvalue weighted by molar-refractivity contribution is 0.601. The van der Waals surface area contributed by atoms with Crippen molar-refractivity contribution < 1.29 is 12.8 Å². The molecule has 0 unspecified atom stereocenters. The van der Waals surface area contributed by atoms with Crippen LogP contribution in [0.5, 0.6) is 0 Å². The maximum atomic E-state index is 12.7. The van der Waals surface area contributed by atoms with Gasteiger partial charge in [-0.1, -0.05) is 25.5 Å². The van der Waals surface area contributed by atoms with E-state index in [4.69, 9.17) is 5.14 Å². The number of rotatable bonds is 5. The Hall–Kier alpha value is -1.20. The van der Waals surface area contributed by atoms with E-state index in [1.54, 1.807) is 0 Å². The van der Waals surface area contributed by atoms with Crippen LogP contribution in [-0.4, -0.2) is 8.42 Å². The Morgan fingerprint density at radius 2 is 1.94 bits per heavy atom. The Morgan fingerprint density at radius 3 is 2.41 bits per heavy atom. The molecule has 0 aromatic heterocycles. The second-order valence-corrected chi connectivity index (χ2v) is 5.43. The fraction of sp³-hybridized carbons (Fsp3) is 0.333. The SMILES string of the molecule is CCCC/C(=C\c1ccc(F)cc1)S(N)(=O)=O. The lowest BCUT2D eigenvalue weighted by Gasteiger charge is -2.04. The van der Waals surface area contributed by atoms with E-state index >= 15 is 0 Å². The van der Waals surface area contributed by atoms with E-state index in [1.165, 1.54) is 30.3 Å². The zero-order valence-corrected chi connectivity index (χ0v) is 10.5. The van der Waals surface area contributed by atoms with Gasteiger partial charge in [0, 0.05) is 0 Å². The van der Waals surface area contributed by atoms with Crippen LogP contribution in [0.4, 0.5) is 4.39 Å². The minimum Gasteiger partial charge on any atom is -0.225 e. The smallest absolute Gasteiger partial charge is 0.225 e. The summed E-state index contributed by atoms with van der Waals surface area (Å²) in [4.78, 5) is 0.186. The highest BCUT2D eigenvalue weighted by atomic mass is 32.2. The van der Waals surface area contributed by atoms with E-state index in [2.05, 4.69) is 0 Å². The van der Waals surface area contributed by atoms with Gasteiger partial charge in [-0.2, -0.15) is 0 Å². The highest BCUT2D eigenvalue weighted by Gasteiger charge is 2.11.